The van der Waals surface area contributed by atoms with Crippen molar-refractivity contribution in [1.29, 1.82) is 0 Å². The first-order chi connectivity index (χ1) is 31.9. The van der Waals surface area contributed by atoms with Crippen LogP contribution in [0.5, 0.6) is 0 Å². The van der Waals surface area contributed by atoms with Crippen LogP contribution in [0.15, 0.2) is 0 Å². The molecule has 0 aromatic heterocycles. The average Bonchev–Trinajstić information content (AvgIpc) is 3.60. The Balaban J connectivity index is 1.91. The van der Waals surface area contributed by atoms with Crippen molar-refractivity contribution in [1.82, 2.24) is 5.32 Å². The summed E-state index contributed by atoms with van der Waals surface area (Å²) in [6.45, 7) is 2.36. The number of hydrogen-bond donors (Lipinski definition) is 11. The predicted octanol–water partition coefficient (Wildman–Crippen LogP) is 4.94. The van der Waals surface area contributed by atoms with Crippen LogP contribution in [0.3, 0.4) is 0 Å². The van der Waals surface area contributed by atoms with Gasteiger partial charge in [-0.1, -0.05) is 194 Å². The highest BCUT2D eigenvalue weighted by Gasteiger charge is 2.52. The number of amides is 1. The Kier molecular flexibility index (Phi) is 34.9. The van der Waals surface area contributed by atoms with Crippen molar-refractivity contribution in [3.05, 3.63) is 0 Å². The van der Waals surface area contributed by atoms with Crippen LogP contribution in [0.25, 0.3) is 0 Å². The largest absolute Gasteiger partial charge is 0.394 e. The van der Waals surface area contributed by atoms with Crippen LogP contribution < -0.4 is 5.32 Å². The number of ether oxygens (including phenoxy) is 4. The molecule has 1 amide bonds. The fraction of sp³-hybridized carbons (Fsp3) is 0.980. The summed E-state index contributed by atoms with van der Waals surface area (Å²) in [5.74, 6) is -0.762. The molecule has 0 bridgehead atoms. The molecule has 16 heteroatoms. The van der Waals surface area contributed by atoms with Gasteiger partial charge < -0.3 is 75.3 Å². The lowest BCUT2D eigenvalue weighted by Crippen LogP contribution is -2.62. The fourth-order valence-corrected chi connectivity index (χ4v) is 9.07. The Morgan fingerprint density at radius 3 is 1.42 bits per heavy atom. The van der Waals surface area contributed by atoms with E-state index in [1.54, 1.807) is 0 Å². The lowest BCUT2D eigenvalue weighted by atomic mass is 9.98. The van der Waals surface area contributed by atoms with Gasteiger partial charge >= 0.3 is 0 Å². The van der Waals surface area contributed by atoms with E-state index in [0.29, 0.717) is 12.8 Å². The second-order valence-electron chi connectivity index (χ2n) is 19.3. The van der Waals surface area contributed by atoms with Crippen molar-refractivity contribution in [2.24, 2.45) is 0 Å². The van der Waals surface area contributed by atoms with Crippen molar-refractivity contribution in [3.63, 3.8) is 0 Å². The van der Waals surface area contributed by atoms with Crippen LogP contribution in [0.1, 0.15) is 206 Å². The van der Waals surface area contributed by atoms with Gasteiger partial charge in [-0.15, -0.1) is 0 Å². The second-order valence-corrected chi connectivity index (χ2v) is 19.3. The Morgan fingerprint density at radius 1 is 0.545 bits per heavy atom. The van der Waals surface area contributed by atoms with Crippen LogP contribution in [0.2, 0.25) is 0 Å². The zero-order valence-corrected chi connectivity index (χ0v) is 40.9. The molecule has 0 unspecified atom stereocenters. The number of carbonyl (C=O) groups is 1. The average molecular weight is 952 g/mol. The van der Waals surface area contributed by atoms with Crippen molar-refractivity contribution in [2.75, 3.05) is 19.8 Å². The maximum Gasteiger partial charge on any atom is 0.249 e. The second kappa shape index (κ2) is 37.7. The molecule has 11 N–H and O–H groups in total. The van der Waals surface area contributed by atoms with E-state index in [1.807, 2.05) is 0 Å². The van der Waals surface area contributed by atoms with Gasteiger partial charge in [-0.05, 0) is 12.8 Å². The van der Waals surface area contributed by atoms with Gasteiger partial charge in [-0.3, -0.25) is 4.79 Å². The number of nitrogens with one attached hydrogen (secondary N) is 1. The van der Waals surface area contributed by atoms with Gasteiger partial charge in [0.2, 0.25) is 5.91 Å². The smallest absolute Gasteiger partial charge is 0.249 e. The number of carbonyl (C=O) groups excluding carboxylic acids is 1. The predicted molar refractivity (Wildman–Crippen MR) is 252 cm³/mol. The van der Waals surface area contributed by atoms with Gasteiger partial charge in [0.15, 0.2) is 12.6 Å². The van der Waals surface area contributed by atoms with Crippen molar-refractivity contribution < 1.29 is 74.8 Å². The fourth-order valence-electron chi connectivity index (χ4n) is 9.07. The lowest BCUT2D eigenvalue weighted by Gasteiger charge is -2.43. The number of aliphatic hydroxyl groups excluding tert-OH is 10. The lowest BCUT2D eigenvalue weighted by molar-refractivity contribution is -0.332. The summed E-state index contributed by atoms with van der Waals surface area (Å²) in [5, 5.41) is 108. The molecule has 2 aliphatic rings. The first kappa shape index (κ1) is 61.0. The van der Waals surface area contributed by atoms with Crippen molar-refractivity contribution in [2.45, 2.75) is 292 Å². The number of hydrogen-bond acceptors (Lipinski definition) is 15. The molecule has 2 rings (SSSR count). The van der Waals surface area contributed by atoms with E-state index in [4.69, 9.17) is 18.9 Å². The highest BCUT2D eigenvalue weighted by molar-refractivity contribution is 5.80. The van der Waals surface area contributed by atoms with Gasteiger partial charge in [0.25, 0.3) is 0 Å². The third-order valence-corrected chi connectivity index (χ3v) is 13.5. The standard InChI is InChI=1S/C50H97NO15/c1-3-5-7-9-11-13-15-16-17-18-19-20-22-24-26-28-30-32-38(55)48(62)51-36(41(57)37(54)31-29-27-25-23-21-14-12-10-8-6-4-2)35-63-49-45(61)47(42(58)40(34-53)64-49)66-50-44(60)43(59)46(65-50)39(56)33-52/h36-47,49-50,52-61H,3-35H2,1-2H3,(H,51,62)/t36-,37+,38+,39+,40+,41-,42-,43+,44+,45+,46-,47-,49-,50-/m0/s1. The zero-order chi connectivity index (χ0) is 48.5. The molecule has 0 aromatic rings. The molecule has 0 saturated carbocycles. The minimum absolute atomic E-state index is 0.203. The highest BCUT2D eigenvalue weighted by Crippen LogP contribution is 2.31. The summed E-state index contributed by atoms with van der Waals surface area (Å²) in [6, 6.07) is -1.28. The summed E-state index contributed by atoms with van der Waals surface area (Å²) in [7, 11) is 0. The van der Waals surface area contributed by atoms with E-state index < -0.39 is 111 Å². The molecule has 0 spiro atoms. The molecule has 2 saturated heterocycles. The third kappa shape index (κ3) is 24.2. The van der Waals surface area contributed by atoms with Gasteiger partial charge in [0.1, 0.15) is 61.0 Å². The topological polar surface area (TPSA) is 268 Å². The van der Waals surface area contributed by atoms with E-state index >= 15 is 0 Å². The molecule has 0 radical (unpaired) electrons. The normalized spacial score (nSPS) is 26.9. The third-order valence-electron chi connectivity index (χ3n) is 13.5. The van der Waals surface area contributed by atoms with Gasteiger partial charge in [-0.2, -0.15) is 0 Å². The first-order valence-corrected chi connectivity index (χ1v) is 26.5. The molecular formula is C50H97NO15. The Morgan fingerprint density at radius 2 is 0.985 bits per heavy atom. The van der Waals surface area contributed by atoms with Crippen molar-refractivity contribution >= 4 is 5.91 Å². The molecule has 66 heavy (non-hydrogen) atoms. The number of aliphatic hydroxyl groups is 10. The summed E-state index contributed by atoms with van der Waals surface area (Å²) >= 11 is 0. The molecule has 2 aliphatic heterocycles. The maximum absolute atomic E-state index is 13.3. The summed E-state index contributed by atoms with van der Waals surface area (Å²) in [5.41, 5.74) is 0. The summed E-state index contributed by atoms with van der Waals surface area (Å²) in [4.78, 5) is 13.3. The summed E-state index contributed by atoms with van der Waals surface area (Å²) < 4.78 is 22.5. The number of rotatable bonds is 42. The van der Waals surface area contributed by atoms with E-state index in [-0.39, 0.29) is 12.8 Å². The first-order valence-electron chi connectivity index (χ1n) is 26.5. The van der Waals surface area contributed by atoms with E-state index in [9.17, 15) is 55.9 Å². The Labute approximate surface area is 397 Å². The molecule has 0 aliphatic carbocycles. The zero-order valence-electron chi connectivity index (χ0n) is 40.9. The molecule has 2 heterocycles. The van der Waals surface area contributed by atoms with Crippen LogP contribution in [0, 0.1) is 0 Å². The monoisotopic (exact) mass is 952 g/mol. The molecule has 0 aromatic carbocycles. The van der Waals surface area contributed by atoms with Crippen LogP contribution in [-0.4, -0.2) is 163 Å². The molecular weight excluding hydrogens is 855 g/mol. The van der Waals surface area contributed by atoms with Gasteiger partial charge in [-0.25, -0.2) is 0 Å². The Bertz CT molecular complexity index is 1160. The molecule has 16 nitrogen and oxygen atoms in total. The minimum Gasteiger partial charge on any atom is -0.394 e. The Hall–Kier alpha value is -1.09. The highest BCUT2D eigenvalue weighted by atomic mass is 16.7. The number of unbranched alkanes of at least 4 members (excludes halogenated alkanes) is 26. The molecule has 392 valence electrons. The SMILES string of the molecule is CCCCCCCCCCCCCCCCCCC[C@@H](O)C(=O)N[C@@H](CO[C@H]1O[C@H](CO)[C@H](O)[C@H](O[C@@H]2O[C@@H]([C@H](O)CO)[C@H](O)[C@H]2O)[C@H]1O)[C@H](O)[C@H](O)CCCCCCCCCCCCC. The van der Waals surface area contributed by atoms with Crippen LogP contribution >= 0.6 is 0 Å². The van der Waals surface area contributed by atoms with Gasteiger partial charge in [0.05, 0.1) is 32.0 Å². The van der Waals surface area contributed by atoms with Crippen LogP contribution in [-0.2, 0) is 23.7 Å². The van der Waals surface area contributed by atoms with E-state index in [2.05, 4.69) is 19.2 Å². The quantitative estimate of drug-likeness (QED) is 0.0362. The maximum atomic E-state index is 13.3. The van der Waals surface area contributed by atoms with Gasteiger partial charge in [0, 0.05) is 0 Å². The summed E-state index contributed by atoms with van der Waals surface area (Å²) in [6.07, 6.45) is 12.8. The minimum atomic E-state index is -1.82. The van der Waals surface area contributed by atoms with E-state index in [1.165, 1.54) is 122 Å². The van der Waals surface area contributed by atoms with Crippen molar-refractivity contribution in [3.8, 4) is 0 Å². The van der Waals surface area contributed by atoms with E-state index in [0.717, 1.165) is 44.9 Å². The molecule has 14 atom stereocenters. The molecule has 2 fully saturated rings. The van der Waals surface area contributed by atoms with Crippen LogP contribution in [0.4, 0.5) is 0 Å².